The van der Waals surface area contributed by atoms with Crippen LogP contribution in [0.15, 0.2) is 144 Å². The Morgan fingerprint density at radius 2 is 1.08 bits per heavy atom. The predicted octanol–water partition coefficient (Wildman–Crippen LogP) is 14.9. The Hall–Kier alpha value is -6.46. The number of aryl methyl sites for hydroxylation is 2. The molecule has 0 saturated carbocycles. The fourth-order valence-corrected chi connectivity index (χ4v) is 12.1. The molecule has 1 aliphatic carbocycles. The predicted molar refractivity (Wildman–Crippen MR) is 281 cm³/mol. The van der Waals surface area contributed by atoms with Crippen LogP contribution in [0.5, 0.6) is 0 Å². The first-order chi connectivity index (χ1) is 31.4. The lowest BCUT2D eigenvalue weighted by Gasteiger charge is -2.46. The normalized spacial score (nSPS) is 17.1. The number of nitrogens with zero attached hydrogens (tertiary/aromatic N) is 3. The van der Waals surface area contributed by atoms with Crippen LogP contribution in [0.25, 0.3) is 11.0 Å². The molecule has 1 aromatic heterocycles. The molecule has 0 spiro atoms. The van der Waals surface area contributed by atoms with Crippen molar-refractivity contribution >= 4 is 85.5 Å². The van der Waals surface area contributed by atoms with Crippen molar-refractivity contribution in [3.63, 3.8) is 0 Å². The third-order valence-corrected chi connectivity index (χ3v) is 15.9. The molecule has 0 radical (unpaired) electrons. The van der Waals surface area contributed by atoms with Crippen LogP contribution in [0.4, 0.5) is 51.2 Å². The summed E-state index contributed by atoms with van der Waals surface area (Å²) >= 11 is 0. The fraction of sp³-hybridized carbons (Fsp3) is 0.279. The van der Waals surface area contributed by atoms with Gasteiger partial charge in [-0.05, 0) is 166 Å². The molecular formula is C61H60BN3O. The topological polar surface area (TPSA) is 22.9 Å². The molecular weight excluding hydrogens is 802 g/mol. The quantitative estimate of drug-likeness (QED) is 0.165. The molecule has 0 bridgehead atoms. The summed E-state index contributed by atoms with van der Waals surface area (Å²) in [6, 6.07) is 53.3. The summed E-state index contributed by atoms with van der Waals surface area (Å²) in [5, 5.41) is 1.18. The van der Waals surface area contributed by atoms with Crippen molar-refractivity contribution in [2.75, 3.05) is 14.7 Å². The van der Waals surface area contributed by atoms with Crippen molar-refractivity contribution < 1.29 is 4.42 Å². The number of rotatable bonds is 3. The van der Waals surface area contributed by atoms with Crippen molar-refractivity contribution in [1.29, 1.82) is 0 Å². The molecule has 7 aromatic carbocycles. The molecule has 0 amide bonds. The molecule has 5 heteroatoms. The minimum absolute atomic E-state index is 0.0270. The number of anilines is 9. The van der Waals surface area contributed by atoms with E-state index in [2.05, 4.69) is 230 Å². The molecule has 0 N–H and O–H groups in total. The van der Waals surface area contributed by atoms with E-state index in [0.717, 1.165) is 46.8 Å². The maximum absolute atomic E-state index is 7.60. The summed E-state index contributed by atoms with van der Waals surface area (Å²) in [6.45, 7) is 25.7. The lowest BCUT2D eigenvalue weighted by Crippen LogP contribution is -2.61. The van der Waals surface area contributed by atoms with E-state index in [0.29, 0.717) is 0 Å². The van der Waals surface area contributed by atoms with Crippen LogP contribution in [-0.2, 0) is 21.7 Å². The van der Waals surface area contributed by atoms with Gasteiger partial charge >= 0.3 is 0 Å². The SMILES string of the molecule is Cc1ccc(N2c3cc(C)cc4c3B(c3cc5c(cc3N4c3ccc(C(C)(C)C)cc3)C(C)(C)c3ccccc3N5c3ccccc3)c3oc4cc5c(cc4c32)C(C)(C)CCC5(C)C)cc1. The molecule has 0 atom stereocenters. The first-order valence-corrected chi connectivity index (χ1v) is 24.1. The summed E-state index contributed by atoms with van der Waals surface area (Å²) in [7, 11) is 0. The summed E-state index contributed by atoms with van der Waals surface area (Å²) in [4.78, 5) is 7.61. The highest BCUT2D eigenvalue weighted by atomic mass is 16.3. The molecule has 0 saturated heterocycles. The second kappa shape index (κ2) is 13.8. The van der Waals surface area contributed by atoms with E-state index in [9.17, 15) is 0 Å². The van der Waals surface area contributed by atoms with Crippen LogP contribution in [0, 0.1) is 13.8 Å². The van der Waals surface area contributed by atoms with Crippen molar-refractivity contribution in [2.24, 2.45) is 0 Å². The lowest BCUT2D eigenvalue weighted by molar-refractivity contribution is 0.332. The first-order valence-electron chi connectivity index (χ1n) is 24.1. The van der Waals surface area contributed by atoms with Gasteiger partial charge in [-0.3, -0.25) is 0 Å². The summed E-state index contributed by atoms with van der Waals surface area (Å²) in [5.74, 6) is 0. The number of furan rings is 1. The van der Waals surface area contributed by atoms with E-state index in [4.69, 9.17) is 4.42 Å². The third-order valence-electron chi connectivity index (χ3n) is 15.9. The van der Waals surface area contributed by atoms with Gasteiger partial charge in [-0.1, -0.05) is 129 Å². The van der Waals surface area contributed by atoms with Gasteiger partial charge in [-0.2, -0.15) is 0 Å². The van der Waals surface area contributed by atoms with Crippen LogP contribution >= 0.6 is 0 Å². The molecule has 0 fully saturated rings. The maximum Gasteiger partial charge on any atom is 0.297 e. The van der Waals surface area contributed by atoms with Crippen LogP contribution in [0.3, 0.4) is 0 Å². The minimum Gasteiger partial charge on any atom is -0.468 e. The molecule has 12 rings (SSSR count). The van der Waals surface area contributed by atoms with Gasteiger partial charge in [-0.25, -0.2) is 0 Å². The average Bonchev–Trinajstić information content (AvgIpc) is 3.66. The smallest absolute Gasteiger partial charge is 0.297 e. The Balaban J connectivity index is 1.22. The van der Waals surface area contributed by atoms with Crippen molar-refractivity contribution in [3.05, 3.63) is 178 Å². The number of hydrogen-bond acceptors (Lipinski definition) is 4. The molecule has 4 heterocycles. The largest absolute Gasteiger partial charge is 0.468 e. The molecule has 0 unspecified atom stereocenters. The van der Waals surface area contributed by atoms with Gasteiger partial charge in [0.1, 0.15) is 5.58 Å². The van der Waals surface area contributed by atoms with E-state index < -0.39 is 0 Å². The highest BCUT2D eigenvalue weighted by Gasteiger charge is 2.49. The van der Waals surface area contributed by atoms with Crippen LogP contribution in [0.1, 0.15) is 114 Å². The zero-order chi connectivity index (χ0) is 45.8. The van der Waals surface area contributed by atoms with Gasteiger partial charge in [-0.15, -0.1) is 0 Å². The second-order valence-electron chi connectivity index (χ2n) is 22.7. The number of benzene rings is 7. The fourth-order valence-electron chi connectivity index (χ4n) is 12.1. The van der Waals surface area contributed by atoms with Gasteiger partial charge in [0.25, 0.3) is 6.71 Å². The van der Waals surface area contributed by atoms with Crippen LogP contribution in [0.2, 0.25) is 0 Å². The number of fused-ring (bicyclic) bond motifs is 9. The molecule has 8 aromatic rings. The van der Waals surface area contributed by atoms with Crippen LogP contribution < -0.4 is 31.3 Å². The molecule has 3 aliphatic heterocycles. The van der Waals surface area contributed by atoms with E-state index in [1.54, 1.807) is 0 Å². The van der Waals surface area contributed by atoms with Gasteiger partial charge < -0.3 is 19.1 Å². The Morgan fingerprint density at radius 3 is 1.76 bits per heavy atom. The summed E-state index contributed by atoms with van der Waals surface area (Å²) in [6.07, 6.45) is 2.30. The molecule has 4 nitrogen and oxygen atoms in total. The zero-order valence-electron chi connectivity index (χ0n) is 40.5. The van der Waals surface area contributed by atoms with Gasteiger partial charge in [0.2, 0.25) is 0 Å². The highest BCUT2D eigenvalue weighted by Crippen LogP contribution is 2.56. The van der Waals surface area contributed by atoms with Gasteiger partial charge in [0, 0.05) is 50.6 Å². The zero-order valence-corrected chi connectivity index (χ0v) is 40.5. The Kier molecular flexibility index (Phi) is 8.57. The van der Waals surface area contributed by atoms with Gasteiger partial charge in [0.15, 0.2) is 0 Å². The Labute approximate surface area is 392 Å². The molecule has 328 valence electrons. The van der Waals surface area contributed by atoms with E-state index in [1.807, 2.05) is 0 Å². The summed E-state index contributed by atoms with van der Waals surface area (Å²) in [5.41, 5.74) is 24.2. The number of para-hydroxylation sites is 2. The standard InChI is InChI=1S/C61H60BN3O/c1-37-21-25-42(26-22-37)65-53-32-38(2)31-52-55(53)62(57-56(65)43-33-45-46(35-54(43)66-57)60(8,9)30-29-59(45,6)7)48-36-50-47(34-51(48)64(52)41-27-23-39(24-28-41)58(3,4)5)61(10,11)44-19-15-16-20-49(44)63(50)40-17-13-12-14-18-40/h12-28,31-36H,29-30H2,1-11H3. The monoisotopic (exact) mass is 861 g/mol. The molecule has 4 aliphatic rings. The van der Waals surface area contributed by atoms with E-state index in [-0.39, 0.29) is 28.4 Å². The van der Waals surface area contributed by atoms with E-state index >= 15 is 0 Å². The highest BCUT2D eigenvalue weighted by molar-refractivity contribution is 7.00. The lowest BCUT2D eigenvalue weighted by atomic mass is 9.35. The van der Waals surface area contributed by atoms with Crippen molar-refractivity contribution in [1.82, 2.24) is 0 Å². The first kappa shape index (κ1) is 41.0. The van der Waals surface area contributed by atoms with Gasteiger partial charge in [0.05, 0.1) is 17.0 Å². The second-order valence-corrected chi connectivity index (χ2v) is 22.7. The van der Waals surface area contributed by atoms with Crippen LogP contribution in [-0.4, -0.2) is 6.71 Å². The molecule has 66 heavy (non-hydrogen) atoms. The number of hydrogen-bond donors (Lipinski definition) is 0. The third kappa shape index (κ3) is 5.84. The Morgan fingerprint density at radius 1 is 0.500 bits per heavy atom. The van der Waals surface area contributed by atoms with Crippen molar-refractivity contribution in [3.8, 4) is 0 Å². The average molecular weight is 862 g/mol. The van der Waals surface area contributed by atoms with Crippen molar-refractivity contribution in [2.45, 2.75) is 111 Å². The maximum atomic E-state index is 7.60. The minimum atomic E-state index is -0.288. The summed E-state index contributed by atoms with van der Waals surface area (Å²) < 4.78 is 7.60. The Bertz CT molecular complexity index is 3290. The van der Waals surface area contributed by atoms with E-state index in [1.165, 1.54) is 83.7 Å².